The molecule has 0 bridgehead atoms. The fraction of sp³-hybridized carbons (Fsp3) is 0.421. The average molecular weight is 356 g/mol. The standard InChI is InChI=1S/C19H24N4O3/c1-13-17(11-21-19(20)22-13)18(24)23-9-7-14(8-10-23)12-26-16-5-3-15(25-2)4-6-16/h3-6,11,14H,7-10,12H2,1-2H3,(H2,20,21,22). The Balaban J connectivity index is 1.49. The van der Waals surface area contributed by atoms with Crippen molar-refractivity contribution in [1.29, 1.82) is 0 Å². The number of nitrogen functional groups attached to an aromatic ring is 1. The molecule has 1 amide bonds. The molecule has 3 rings (SSSR count). The summed E-state index contributed by atoms with van der Waals surface area (Å²) in [5, 5.41) is 0. The monoisotopic (exact) mass is 356 g/mol. The van der Waals surface area contributed by atoms with Crippen LogP contribution in [0.5, 0.6) is 11.5 Å². The van der Waals surface area contributed by atoms with Crippen molar-refractivity contribution in [3.8, 4) is 11.5 Å². The highest BCUT2D eigenvalue weighted by Crippen LogP contribution is 2.22. The Morgan fingerprint density at radius 2 is 1.88 bits per heavy atom. The molecule has 1 aliphatic heterocycles. The third-order valence-electron chi connectivity index (χ3n) is 4.68. The number of ether oxygens (including phenoxy) is 2. The van der Waals surface area contributed by atoms with Crippen LogP contribution >= 0.6 is 0 Å². The molecule has 0 unspecified atom stereocenters. The molecule has 1 aliphatic rings. The fourth-order valence-electron chi connectivity index (χ4n) is 3.05. The Morgan fingerprint density at radius 1 is 1.23 bits per heavy atom. The number of nitrogens with two attached hydrogens (primary N) is 1. The summed E-state index contributed by atoms with van der Waals surface area (Å²) in [7, 11) is 1.64. The summed E-state index contributed by atoms with van der Waals surface area (Å²) in [6.45, 7) is 3.84. The first kappa shape index (κ1) is 18.0. The number of carbonyl (C=O) groups is 1. The SMILES string of the molecule is COc1ccc(OCC2CCN(C(=O)c3cnc(N)nc3C)CC2)cc1. The Morgan fingerprint density at radius 3 is 2.50 bits per heavy atom. The average Bonchev–Trinajstić information content (AvgIpc) is 2.67. The van der Waals surface area contributed by atoms with Gasteiger partial charge in [-0.1, -0.05) is 0 Å². The number of anilines is 1. The number of aromatic nitrogens is 2. The summed E-state index contributed by atoms with van der Waals surface area (Å²) < 4.78 is 11.0. The van der Waals surface area contributed by atoms with Crippen LogP contribution in [0.2, 0.25) is 0 Å². The highest BCUT2D eigenvalue weighted by Gasteiger charge is 2.25. The molecular formula is C19H24N4O3. The molecule has 2 N–H and O–H groups in total. The number of piperidine rings is 1. The van der Waals surface area contributed by atoms with Crippen molar-refractivity contribution >= 4 is 11.9 Å². The summed E-state index contributed by atoms with van der Waals surface area (Å²) >= 11 is 0. The lowest BCUT2D eigenvalue weighted by Gasteiger charge is -2.32. The molecule has 1 fully saturated rings. The summed E-state index contributed by atoms with van der Waals surface area (Å²) in [6.07, 6.45) is 3.34. The van der Waals surface area contributed by atoms with Crippen LogP contribution in [0.4, 0.5) is 5.95 Å². The van der Waals surface area contributed by atoms with E-state index in [-0.39, 0.29) is 11.9 Å². The van der Waals surface area contributed by atoms with Crippen LogP contribution in [0.25, 0.3) is 0 Å². The number of methoxy groups -OCH3 is 1. The van der Waals surface area contributed by atoms with Crippen molar-refractivity contribution in [3.05, 3.63) is 41.7 Å². The van der Waals surface area contributed by atoms with Crippen molar-refractivity contribution < 1.29 is 14.3 Å². The fourth-order valence-corrected chi connectivity index (χ4v) is 3.05. The Labute approximate surface area is 153 Å². The van der Waals surface area contributed by atoms with Crippen molar-refractivity contribution in [2.75, 3.05) is 32.5 Å². The maximum absolute atomic E-state index is 12.6. The highest BCUT2D eigenvalue weighted by atomic mass is 16.5. The Bertz CT molecular complexity index is 756. The van der Waals surface area contributed by atoms with E-state index in [9.17, 15) is 4.79 Å². The minimum Gasteiger partial charge on any atom is -0.497 e. The molecule has 1 aromatic heterocycles. The zero-order chi connectivity index (χ0) is 18.5. The lowest BCUT2D eigenvalue weighted by molar-refractivity contribution is 0.0659. The van der Waals surface area contributed by atoms with Gasteiger partial charge in [-0.2, -0.15) is 0 Å². The first-order valence-corrected chi connectivity index (χ1v) is 8.72. The van der Waals surface area contributed by atoms with Gasteiger partial charge >= 0.3 is 0 Å². The number of nitrogens with zero attached hydrogens (tertiary/aromatic N) is 3. The van der Waals surface area contributed by atoms with E-state index in [0.717, 1.165) is 24.3 Å². The number of carbonyl (C=O) groups excluding carboxylic acids is 1. The highest BCUT2D eigenvalue weighted by molar-refractivity contribution is 5.95. The third kappa shape index (κ3) is 4.22. The van der Waals surface area contributed by atoms with Gasteiger partial charge in [0.25, 0.3) is 5.91 Å². The van der Waals surface area contributed by atoms with Crippen molar-refractivity contribution in [2.45, 2.75) is 19.8 Å². The predicted octanol–water partition coefficient (Wildman–Crippen LogP) is 2.31. The van der Waals surface area contributed by atoms with Crippen molar-refractivity contribution in [2.24, 2.45) is 5.92 Å². The topological polar surface area (TPSA) is 90.6 Å². The summed E-state index contributed by atoms with van der Waals surface area (Å²) in [6, 6.07) is 7.57. The zero-order valence-corrected chi connectivity index (χ0v) is 15.1. The molecule has 138 valence electrons. The molecule has 7 nitrogen and oxygen atoms in total. The van der Waals surface area contributed by atoms with Gasteiger partial charge in [0.05, 0.1) is 25.0 Å². The van der Waals surface area contributed by atoms with Crippen LogP contribution in [0.1, 0.15) is 28.9 Å². The van der Waals surface area contributed by atoms with E-state index in [4.69, 9.17) is 15.2 Å². The largest absolute Gasteiger partial charge is 0.497 e. The Hall–Kier alpha value is -2.83. The maximum atomic E-state index is 12.6. The smallest absolute Gasteiger partial charge is 0.257 e. The molecule has 0 saturated carbocycles. The van der Waals surface area contributed by atoms with Crippen LogP contribution in [0.15, 0.2) is 30.5 Å². The van der Waals surface area contributed by atoms with E-state index in [1.54, 1.807) is 14.0 Å². The first-order valence-electron chi connectivity index (χ1n) is 8.72. The molecule has 0 spiro atoms. The maximum Gasteiger partial charge on any atom is 0.257 e. The van der Waals surface area contributed by atoms with E-state index in [1.807, 2.05) is 29.2 Å². The van der Waals surface area contributed by atoms with E-state index >= 15 is 0 Å². The van der Waals surface area contributed by atoms with Crippen LogP contribution in [-0.4, -0.2) is 47.6 Å². The quantitative estimate of drug-likeness (QED) is 0.884. The van der Waals surface area contributed by atoms with E-state index in [1.165, 1.54) is 6.20 Å². The van der Waals surface area contributed by atoms with Crippen LogP contribution in [0, 0.1) is 12.8 Å². The lowest BCUT2D eigenvalue weighted by atomic mass is 9.97. The molecule has 1 saturated heterocycles. The van der Waals surface area contributed by atoms with Gasteiger partial charge in [-0.15, -0.1) is 0 Å². The van der Waals surface area contributed by atoms with Gasteiger partial charge in [0, 0.05) is 19.3 Å². The molecule has 0 atom stereocenters. The molecular weight excluding hydrogens is 332 g/mol. The van der Waals surface area contributed by atoms with Crippen LogP contribution in [0.3, 0.4) is 0 Å². The number of likely N-dealkylation sites (tertiary alicyclic amines) is 1. The summed E-state index contributed by atoms with van der Waals surface area (Å²) in [5.74, 6) is 2.24. The van der Waals surface area contributed by atoms with E-state index in [0.29, 0.717) is 36.9 Å². The van der Waals surface area contributed by atoms with Gasteiger partial charge in [-0.3, -0.25) is 4.79 Å². The molecule has 2 heterocycles. The zero-order valence-electron chi connectivity index (χ0n) is 15.1. The second-order valence-corrected chi connectivity index (χ2v) is 6.45. The summed E-state index contributed by atoms with van der Waals surface area (Å²) in [4.78, 5) is 22.5. The number of rotatable bonds is 5. The number of aryl methyl sites for hydroxylation is 1. The molecule has 0 radical (unpaired) electrons. The summed E-state index contributed by atoms with van der Waals surface area (Å²) in [5.41, 5.74) is 6.69. The second kappa shape index (κ2) is 8.03. The van der Waals surface area contributed by atoms with Crippen LogP contribution in [-0.2, 0) is 0 Å². The lowest BCUT2D eigenvalue weighted by Crippen LogP contribution is -2.40. The third-order valence-corrected chi connectivity index (χ3v) is 4.68. The number of amides is 1. The van der Waals surface area contributed by atoms with Gasteiger partial charge in [0.1, 0.15) is 11.5 Å². The van der Waals surface area contributed by atoms with Gasteiger partial charge in [0.15, 0.2) is 0 Å². The molecule has 2 aromatic rings. The number of hydrogen-bond acceptors (Lipinski definition) is 6. The van der Waals surface area contributed by atoms with E-state index in [2.05, 4.69) is 9.97 Å². The minimum atomic E-state index is -0.0305. The van der Waals surface area contributed by atoms with Crippen LogP contribution < -0.4 is 15.2 Å². The van der Waals surface area contributed by atoms with Gasteiger partial charge in [-0.05, 0) is 49.9 Å². The van der Waals surface area contributed by atoms with Gasteiger partial charge in [-0.25, -0.2) is 9.97 Å². The predicted molar refractivity (Wildman–Crippen MR) is 98.3 cm³/mol. The van der Waals surface area contributed by atoms with E-state index < -0.39 is 0 Å². The molecule has 26 heavy (non-hydrogen) atoms. The second-order valence-electron chi connectivity index (χ2n) is 6.45. The number of benzene rings is 1. The van der Waals surface area contributed by atoms with Gasteiger partial charge < -0.3 is 20.1 Å². The minimum absolute atomic E-state index is 0.0305. The molecule has 0 aliphatic carbocycles. The Kier molecular flexibility index (Phi) is 5.55. The van der Waals surface area contributed by atoms with Gasteiger partial charge in [0.2, 0.25) is 5.95 Å². The molecule has 7 heteroatoms. The number of hydrogen-bond donors (Lipinski definition) is 1. The first-order chi connectivity index (χ1) is 12.6. The van der Waals surface area contributed by atoms with Crippen molar-refractivity contribution in [3.63, 3.8) is 0 Å². The van der Waals surface area contributed by atoms with Crippen molar-refractivity contribution in [1.82, 2.24) is 14.9 Å². The normalized spacial score (nSPS) is 14.9. The molecule has 1 aromatic carbocycles.